The van der Waals surface area contributed by atoms with Gasteiger partial charge < -0.3 is 9.84 Å². The minimum absolute atomic E-state index is 0.137. The van der Waals surface area contributed by atoms with Gasteiger partial charge in [0, 0.05) is 19.0 Å². The Bertz CT molecular complexity index is 674. The lowest BCUT2D eigenvalue weighted by Gasteiger charge is -2.36. The molecule has 1 fully saturated rings. The monoisotopic (exact) mass is 335 g/mol. The largest absolute Gasteiger partial charge is 0.497 e. The number of H-pyrrole nitrogens is 1. The van der Waals surface area contributed by atoms with Gasteiger partial charge in [0.15, 0.2) is 0 Å². The van der Waals surface area contributed by atoms with Crippen LogP contribution in [0.3, 0.4) is 0 Å². The van der Waals surface area contributed by atoms with Crippen LogP contribution in [0.2, 0.25) is 5.02 Å². The van der Waals surface area contributed by atoms with Gasteiger partial charge in [0.1, 0.15) is 5.75 Å². The van der Waals surface area contributed by atoms with Crippen molar-refractivity contribution >= 4 is 11.6 Å². The number of hydrogen-bond acceptors (Lipinski definition) is 4. The van der Waals surface area contributed by atoms with Crippen molar-refractivity contribution in [3.63, 3.8) is 0 Å². The SMILES string of the molecule is COc1cccc([C@H]2CCN(Cc3n[nH]c(C)c3Cl)C[C@@H]2O)c1. The number of aliphatic hydroxyl groups excluding tert-OH is 1. The van der Waals surface area contributed by atoms with Gasteiger partial charge in [-0.1, -0.05) is 23.7 Å². The lowest BCUT2D eigenvalue weighted by molar-refractivity contribution is 0.0471. The van der Waals surface area contributed by atoms with Crippen LogP contribution >= 0.6 is 11.6 Å². The molecule has 1 saturated heterocycles. The van der Waals surface area contributed by atoms with Crippen molar-refractivity contribution in [3.05, 3.63) is 46.2 Å². The molecule has 1 aromatic heterocycles. The van der Waals surface area contributed by atoms with Crippen LogP contribution in [0.15, 0.2) is 24.3 Å². The zero-order valence-corrected chi connectivity index (χ0v) is 14.2. The van der Waals surface area contributed by atoms with E-state index < -0.39 is 6.10 Å². The highest BCUT2D eigenvalue weighted by molar-refractivity contribution is 6.31. The van der Waals surface area contributed by atoms with E-state index in [0.29, 0.717) is 18.1 Å². The summed E-state index contributed by atoms with van der Waals surface area (Å²) in [5.74, 6) is 0.966. The molecule has 6 heteroatoms. The third-order valence-electron chi connectivity index (χ3n) is 4.50. The maximum Gasteiger partial charge on any atom is 0.119 e. The summed E-state index contributed by atoms with van der Waals surface area (Å²) >= 11 is 6.23. The molecule has 2 heterocycles. The molecule has 0 radical (unpaired) electrons. The highest BCUT2D eigenvalue weighted by atomic mass is 35.5. The number of methoxy groups -OCH3 is 1. The van der Waals surface area contributed by atoms with Crippen LogP contribution in [0.4, 0.5) is 0 Å². The summed E-state index contributed by atoms with van der Waals surface area (Å²) in [4.78, 5) is 2.20. The second kappa shape index (κ2) is 6.91. The van der Waals surface area contributed by atoms with E-state index in [0.717, 1.165) is 35.7 Å². The summed E-state index contributed by atoms with van der Waals surface area (Å²) in [6.07, 6.45) is 0.490. The maximum atomic E-state index is 10.6. The highest BCUT2D eigenvalue weighted by Crippen LogP contribution is 2.31. The lowest BCUT2D eigenvalue weighted by atomic mass is 9.87. The molecule has 0 aliphatic carbocycles. The molecule has 1 aromatic carbocycles. The molecule has 2 aromatic rings. The van der Waals surface area contributed by atoms with Crippen LogP contribution in [0, 0.1) is 6.92 Å². The fourth-order valence-corrected chi connectivity index (χ4v) is 3.33. The van der Waals surface area contributed by atoms with E-state index >= 15 is 0 Å². The van der Waals surface area contributed by atoms with Crippen LogP contribution in [0.5, 0.6) is 5.75 Å². The Hall–Kier alpha value is -1.56. The van der Waals surface area contributed by atoms with Crippen molar-refractivity contribution in [1.29, 1.82) is 0 Å². The Morgan fingerprint density at radius 2 is 2.30 bits per heavy atom. The summed E-state index contributed by atoms with van der Waals surface area (Å²) in [6, 6.07) is 7.96. The predicted molar refractivity (Wildman–Crippen MR) is 90.0 cm³/mol. The standard InChI is InChI=1S/C17H22ClN3O2/c1-11-17(18)15(20-19-11)9-21-7-6-14(16(22)10-21)12-4-3-5-13(8-12)23-2/h3-5,8,14,16,22H,6-7,9-10H2,1-2H3,(H,19,20)/t14-,16+/m1/s1. The van der Waals surface area contributed by atoms with Crippen LogP contribution in [-0.4, -0.2) is 46.5 Å². The molecule has 0 unspecified atom stereocenters. The van der Waals surface area contributed by atoms with E-state index in [2.05, 4.69) is 21.2 Å². The lowest BCUT2D eigenvalue weighted by Crippen LogP contribution is -2.42. The molecule has 0 bridgehead atoms. The van der Waals surface area contributed by atoms with Crippen molar-refractivity contribution in [3.8, 4) is 5.75 Å². The molecule has 0 spiro atoms. The van der Waals surface area contributed by atoms with Gasteiger partial charge in [0.2, 0.25) is 0 Å². The van der Waals surface area contributed by atoms with E-state index in [-0.39, 0.29) is 5.92 Å². The number of aromatic amines is 1. The van der Waals surface area contributed by atoms with Gasteiger partial charge in [-0.2, -0.15) is 5.10 Å². The molecule has 5 nitrogen and oxygen atoms in total. The van der Waals surface area contributed by atoms with Crippen molar-refractivity contribution < 1.29 is 9.84 Å². The van der Waals surface area contributed by atoms with Gasteiger partial charge >= 0.3 is 0 Å². The third-order valence-corrected chi connectivity index (χ3v) is 5.00. The number of rotatable bonds is 4. The Kier molecular flexibility index (Phi) is 4.90. The number of aryl methyl sites for hydroxylation is 1. The molecule has 2 atom stereocenters. The molecule has 1 aliphatic rings. The van der Waals surface area contributed by atoms with Crippen molar-refractivity contribution in [1.82, 2.24) is 15.1 Å². The molecule has 0 amide bonds. The zero-order valence-electron chi connectivity index (χ0n) is 13.4. The topological polar surface area (TPSA) is 61.4 Å². The molecule has 0 saturated carbocycles. The third kappa shape index (κ3) is 3.52. The van der Waals surface area contributed by atoms with Gasteiger partial charge in [-0.25, -0.2) is 0 Å². The number of likely N-dealkylation sites (tertiary alicyclic amines) is 1. The van der Waals surface area contributed by atoms with Gasteiger partial charge in [-0.05, 0) is 37.6 Å². The normalized spacial score (nSPS) is 22.3. The second-order valence-corrected chi connectivity index (χ2v) is 6.46. The van der Waals surface area contributed by atoms with E-state index in [4.69, 9.17) is 16.3 Å². The van der Waals surface area contributed by atoms with E-state index in [1.807, 2.05) is 25.1 Å². The quantitative estimate of drug-likeness (QED) is 0.902. The summed E-state index contributed by atoms with van der Waals surface area (Å²) in [6.45, 7) is 4.08. The van der Waals surface area contributed by atoms with Crippen molar-refractivity contribution in [2.24, 2.45) is 0 Å². The number of β-amino-alcohol motifs (C(OH)–C–C–N with tert-alkyl or cyclic N) is 1. The minimum atomic E-state index is -0.408. The average molecular weight is 336 g/mol. The molecule has 23 heavy (non-hydrogen) atoms. The van der Waals surface area contributed by atoms with E-state index in [1.165, 1.54) is 0 Å². The molecule has 1 aliphatic heterocycles. The summed E-state index contributed by atoms with van der Waals surface area (Å²) in [5, 5.41) is 18.4. The first-order chi connectivity index (χ1) is 11.1. The molecule has 124 valence electrons. The summed E-state index contributed by atoms with van der Waals surface area (Å²) in [5.41, 5.74) is 2.86. The maximum absolute atomic E-state index is 10.6. The molecular formula is C17H22ClN3O2. The Labute approximate surface area is 141 Å². The number of nitrogens with one attached hydrogen (secondary N) is 1. The Balaban J connectivity index is 1.66. The highest BCUT2D eigenvalue weighted by Gasteiger charge is 2.29. The van der Waals surface area contributed by atoms with Gasteiger partial charge in [-0.15, -0.1) is 0 Å². The first-order valence-corrected chi connectivity index (χ1v) is 8.20. The Morgan fingerprint density at radius 3 is 2.96 bits per heavy atom. The Morgan fingerprint density at radius 1 is 1.48 bits per heavy atom. The summed E-state index contributed by atoms with van der Waals surface area (Å²) < 4.78 is 5.28. The van der Waals surface area contributed by atoms with Crippen LogP contribution in [-0.2, 0) is 6.54 Å². The van der Waals surface area contributed by atoms with Crippen LogP contribution in [0.25, 0.3) is 0 Å². The predicted octanol–water partition coefficient (Wildman–Crippen LogP) is 2.73. The van der Waals surface area contributed by atoms with Crippen molar-refractivity contribution in [2.45, 2.75) is 31.9 Å². The first-order valence-electron chi connectivity index (χ1n) is 7.82. The number of nitrogens with zero attached hydrogens (tertiary/aromatic N) is 2. The smallest absolute Gasteiger partial charge is 0.119 e. The average Bonchev–Trinajstić information content (AvgIpc) is 2.87. The van der Waals surface area contributed by atoms with Gasteiger partial charge in [0.05, 0.1) is 29.6 Å². The summed E-state index contributed by atoms with van der Waals surface area (Å²) in [7, 11) is 1.66. The van der Waals surface area contributed by atoms with E-state index in [1.54, 1.807) is 7.11 Å². The molecular weight excluding hydrogens is 314 g/mol. The second-order valence-electron chi connectivity index (χ2n) is 6.08. The number of hydrogen-bond donors (Lipinski definition) is 2. The number of piperidine rings is 1. The number of halogens is 1. The minimum Gasteiger partial charge on any atom is -0.497 e. The zero-order chi connectivity index (χ0) is 16.4. The number of aliphatic hydroxyl groups is 1. The fraction of sp³-hybridized carbons (Fsp3) is 0.471. The van der Waals surface area contributed by atoms with Crippen LogP contribution in [0.1, 0.15) is 29.3 Å². The van der Waals surface area contributed by atoms with Gasteiger partial charge in [-0.3, -0.25) is 10.00 Å². The molecule has 3 rings (SSSR count). The number of aromatic nitrogens is 2. The number of ether oxygens (including phenoxy) is 1. The van der Waals surface area contributed by atoms with Crippen LogP contribution < -0.4 is 4.74 Å². The fourth-order valence-electron chi connectivity index (χ4n) is 3.18. The van der Waals surface area contributed by atoms with E-state index in [9.17, 15) is 5.11 Å². The van der Waals surface area contributed by atoms with Crippen molar-refractivity contribution in [2.75, 3.05) is 20.2 Å². The first kappa shape index (κ1) is 16.3. The number of benzene rings is 1. The van der Waals surface area contributed by atoms with Gasteiger partial charge in [0.25, 0.3) is 0 Å². The molecule has 2 N–H and O–H groups in total.